The average Bonchev–Trinajstić information content (AvgIpc) is 2.93. The van der Waals surface area contributed by atoms with Gasteiger partial charge < -0.3 is 15.4 Å². The molecule has 8 nitrogen and oxygen atoms in total. The molecule has 9 heteroatoms. The number of hydrogen-bond donors (Lipinski definition) is 2. The van der Waals surface area contributed by atoms with Crippen molar-refractivity contribution in [2.24, 2.45) is 5.92 Å². The van der Waals surface area contributed by atoms with Gasteiger partial charge in [0.2, 0.25) is 0 Å². The van der Waals surface area contributed by atoms with Crippen molar-refractivity contribution >= 4 is 35.4 Å². The van der Waals surface area contributed by atoms with Crippen LogP contribution in [0.4, 0.5) is 4.79 Å². The Balaban J connectivity index is 1.47. The molecule has 0 bridgehead atoms. The second-order valence-electron chi connectivity index (χ2n) is 8.09. The van der Waals surface area contributed by atoms with Crippen LogP contribution in [0.25, 0.3) is 0 Å². The Bertz CT molecular complexity index is 834. The molecule has 0 unspecified atom stereocenters. The van der Waals surface area contributed by atoms with Gasteiger partial charge in [-0.2, -0.15) is 0 Å². The lowest BCUT2D eigenvalue weighted by molar-refractivity contribution is -0.151. The van der Waals surface area contributed by atoms with E-state index >= 15 is 0 Å². The second-order valence-corrected chi connectivity index (χ2v) is 8.52. The summed E-state index contributed by atoms with van der Waals surface area (Å²) in [5.41, 5.74) is -0.0552. The Morgan fingerprint density at radius 2 is 1.90 bits per heavy atom. The first-order valence-electron chi connectivity index (χ1n) is 10.0. The number of ether oxygens (including phenoxy) is 1. The first-order valence-corrected chi connectivity index (χ1v) is 10.4. The molecule has 2 N–H and O–H groups in total. The lowest BCUT2D eigenvalue weighted by Crippen LogP contribution is -2.49. The number of hydrogen-bond acceptors (Lipinski definition) is 5. The van der Waals surface area contributed by atoms with Gasteiger partial charge in [0.25, 0.3) is 11.8 Å². The molecular formula is C21H26ClN3O5. The maximum Gasteiger partial charge on any atom is 0.326 e. The summed E-state index contributed by atoms with van der Waals surface area (Å²) in [5.74, 6) is -1.18. The van der Waals surface area contributed by atoms with Crippen LogP contribution in [0.3, 0.4) is 0 Å². The molecule has 0 radical (unpaired) electrons. The van der Waals surface area contributed by atoms with E-state index in [1.165, 1.54) is 0 Å². The van der Waals surface area contributed by atoms with Gasteiger partial charge in [0, 0.05) is 5.02 Å². The molecule has 1 heterocycles. The maximum atomic E-state index is 12.7. The lowest BCUT2D eigenvalue weighted by Gasteiger charge is -2.33. The van der Waals surface area contributed by atoms with Crippen LogP contribution in [-0.2, 0) is 19.1 Å². The number of carbonyl (C=O) groups is 4. The minimum absolute atomic E-state index is 0.298. The number of amides is 4. The summed E-state index contributed by atoms with van der Waals surface area (Å²) in [4.78, 5) is 50.0. The van der Waals surface area contributed by atoms with E-state index < -0.39 is 42.5 Å². The summed E-state index contributed by atoms with van der Waals surface area (Å²) in [6, 6.07) is 6.13. The zero-order valence-corrected chi connectivity index (χ0v) is 17.8. The molecular weight excluding hydrogens is 410 g/mol. The third kappa shape index (κ3) is 4.92. The van der Waals surface area contributed by atoms with Gasteiger partial charge in [0.15, 0.2) is 6.61 Å². The van der Waals surface area contributed by atoms with Crippen molar-refractivity contribution in [2.45, 2.75) is 51.1 Å². The molecule has 4 amide bonds. The van der Waals surface area contributed by atoms with Crippen molar-refractivity contribution in [3.63, 3.8) is 0 Å². The van der Waals surface area contributed by atoms with Gasteiger partial charge >= 0.3 is 12.0 Å². The van der Waals surface area contributed by atoms with E-state index in [9.17, 15) is 19.2 Å². The number of esters is 1. The molecule has 1 spiro atoms. The molecule has 1 saturated heterocycles. The van der Waals surface area contributed by atoms with Crippen LogP contribution in [0.15, 0.2) is 24.3 Å². The topological polar surface area (TPSA) is 105 Å². The van der Waals surface area contributed by atoms with Crippen LogP contribution < -0.4 is 10.6 Å². The molecule has 0 aromatic heterocycles. The van der Waals surface area contributed by atoms with E-state index in [-0.39, 0.29) is 6.04 Å². The number of carbonyl (C=O) groups excluding carboxylic acids is 4. The first-order chi connectivity index (χ1) is 14.2. The summed E-state index contributed by atoms with van der Waals surface area (Å²) < 4.78 is 4.97. The predicted octanol–water partition coefficient (Wildman–Crippen LogP) is 2.56. The Morgan fingerprint density at radius 3 is 2.53 bits per heavy atom. The largest absolute Gasteiger partial charge is 0.454 e. The molecule has 1 aliphatic heterocycles. The maximum absolute atomic E-state index is 12.7. The smallest absolute Gasteiger partial charge is 0.326 e. The summed E-state index contributed by atoms with van der Waals surface area (Å²) >= 11 is 5.85. The molecule has 2 fully saturated rings. The fourth-order valence-corrected chi connectivity index (χ4v) is 3.98. The van der Waals surface area contributed by atoms with Gasteiger partial charge in [0.1, 0.15) is 12.1 Å². The van der Waals surface area contributed by atoms with E-state index in [0.717, 1.165) is 23.3 Å². The van der Waals surface area contributed by atoms with Crippen LogP contribution in [0, 0.1) is 5.92 Å². The third-order valence-corrected chi connectivity index (χ3v) is 6.02. The highest BCUT2D eigenvalue weighted by Crippen LogP contribution is 2.36. The van der Waals surface area contributed by atoms with Gasteiger partial charge in [-0.25, -0.2) is 4.79 Å². The summed E-state index contributed by atoms with van der Waals surface area (Å²) in [6.45, 7) is 2.90. The fraction of sp³-hybridized carbons (Fsp3) is 0.524. The predicted molar refractivity (Wildman–Crippen MR) is 110 cm³/mol. The van der Waals surface area contributed by atoms with E-state index in [4.69, 9.17) is 16.3 Å². The minimum Gasteiger partial charge on any atom is -0.454 e. The quantitative estimate of drug-likeness (QED) is 0.527. The van der Waals surface area contributed by atoms with Crippen molar-refractivity contribution in [3.8, 4) is 0 Å². The number of urea groups is 1. The van der Waals surface area contributed by atoms with Gasteiger partial charge in [-0.3, -0.25) is 19.3 Å². The number of halogens is 1. The minimum atomic E-state index is -0.907. The van der Waals surface area contributed by atoms with E-state index in [1.807, 2.05) is 0 Å². The molecule has 162 valence electrons. The van der Waals surface area contributed by atoms with Crippen LogP contribution in [-0.4, -0.2) is 47.4 Å². The highest BCUT2D eigenvalue weighted by molar-refractivity contribution is 6.30. The summed E-state index contributed by atoms with van der Waals surface area (Å²) in [7, 11) is 0. The number of imide groups is 1. The summed E-state index contributed by atoms with van der Waals surface area (Å²) in [5, 5.41) is 6.06. The zero-order chi connectivity index (χ0) is 21.9. The van der Waals surface area contributed by atoms with Gasteiger partial charge in [-0.05, 0) is 56.2 Å². The van der Waals surface area contributed by atoms with E-state index in [2.05, 4.69) is 17.6 Å². The third-order valence-electron chi connectivity index (χ3n) is 5.77. The highest BCUT2D eigenvalue weighted by atomic mass is 35.5. The van der Waals surface area contributed by atoms with Crippen molar-refractivity contribution in [2.75, 3.05) is 13.2 Å². The Labute approximate surface area is 180 Å². The molecule has 3 rings (SSSR count). The van der Waals surface area contributed by atoms with E-state index in [0.29, 0.717) is 23.8 Å². The number of nitrogens with zero attached hydrogens (tertiary/aromatic N) is 1. The monoisotopic (exact) mass is 435 g/mol. The standard InChI is InChI=1S/C21H26ClN3O5/c1-13-7-9-21(10-8-13)19(28)25(20(29)24-21)11-18(27)30-12-17(26)23-14(2)15-3-5-16(22)6-4-15/h3-6,13-14H,7-12H2,1-2H3,(H,23,26)(H,24,29)/t13?,14-,21?/m0/s1. The molecule has 1 aromatic rings. The van der Waals surface area contributed by atoms with Crippen molar-refractivity contribution in [1.29, 1.82) is 0 Å². The number of rotatable bonds is 6. The van der Waals surface area contributed by atoms with Gasteiger partial charge in [-0.1, -0.05) is 30.7 Å². The number of benzene rings is 1. The fourth-order valence-electron chi connectivity index (χ4n) is 3.85. The Hall–Kier alpha value is -2.61. The van der Waals surface area contributed by atoms with Crippen LogP contribution in [0.1, 0.15) is 51.1 Å². The van der Waals surface area contributed by atoms with Crippen LogP contribution in [0.5, 0.6) is 0 Å². The van der Waals surface area contributed by atoms with Crippen LogP contribution >= 0.6 is 11.6 Å². The molecule has 1 saturated carbocycles. The van der Waals surface area contributed by atoms with Crippen molar-refractivity contribution < 1.29 is 23.9 Å². The number of nitrogens with one attached hydrogen (secondary N) is 2. The molecule has 2 aliphatic rings. The molecule has 1 aromatic carbocycles. The summed E-state index contributed by atoms with van der Waals surface area (Å²) in [6.07, 6.45) is 2.82. The SMILES string of the molecule is CC1CCC2(CC1)NC(=O)N(CC(=O)OCC(=O)N[C@@H](C)c1ccc(Cl)cc1)C2=O. The second kappa shape index (κ2) is 9.04. The van der Waals surface area contributed by atoms with Crippen molar-refractivity contribution in [3.05, 3.63) is 34.9 Å². The average molecular weight is 436 g/mol. The zero-order valence-electron chi connectivity index (χ0n) is 17.1. The highest BCUT2D eigenvalue weighted by Gasteiger charge is 2.52. The van der Waals surface area contributed by atoms with Gasteiger partial charge in [-0.15, -0.1) is 0 Å². The van der Waals surface area contributed by atoms with E-state index in [1.54, 1.807) is 31.2 Å². The molecule has 30 heavy (non-hydrogen) atoms. The molecule has 1 aliphatic carbocycles. The molecule has 1 atom stereocenters. The van der Waals surface area contributed by atoms with Crippen molar-refractivity contribution in [1.82, 2.24) is 15.5 Å². The lowest BCUT2D eigenvalue weighted by atomic mass is 9.77. The Kier molecular flexibility index (Phi) is 6.65. The van der Waals surface area contributed by atoms with Crippen LogP contribution in [0.2, 0.25) is 5.02 Å². The van der Waals surface area contributed by atoms with Gasteiger partial charge in [0.05, 0.1) is 6.04 Å². The normalized spacial score (nSPS) is 24.5. The Morgan fingerprint density at radius 1 is 1.27 bits per heavy atom. The first kappa shape index (κ1) is 22.1.